The Bertz CT molecular complexity index is 356. The van der Waals surface area contributed by atoms with Gasteiger partial charge in [0.1, 0.15) is 0 Å². The summed E-state index contributed by atoms with van der Waals surface area (Å²) in [5, 5.41) is 12.9. The largest absolute Gasteiger partial charge is 0.466 e. The van der Waals surface area contributed by atoms with Crippen molar-refractivity contribution in [2.75, 3.05) is 13.2 Å². The van der Waals surface area contributed by atoms with Crippen molar-refractivity contribution in [1.82, 2.24) is 0 Å². The van der Waals surface area contributed by atoms with E-state index in [0.717, 1.165) is 19.3 Å². The van der Waals surface area contributed by atoms with Crippen LogP contribution in [-0.2, 0) is 9.53 Å². The number of hydrogen-bond donors (Lipinski definition) is 1. The molecule has 1 saturated carbocycles. The zero-order valence-corrected chi connectivity index (χ0v) is 12.4. The van der Waals surface area contributed by atoms with Crippen LogP contribution >= 0.6 is 0 Å². The van der Waals surface area contributed by atoms with Crippen LogP contribution < -0.4 is 0 Å². The van der Waals surface area contributed by atoms with Gasteiger partial charge in [0.05, 0.1) is 6.61 Å². The summed E-state index contributed by atoms with van der Waals surface area (Å²) in [5.41, 5.74) is 8.72. The second-order valence-electron chi connectivity index (χ2n) is 5.65. The minimum atomic E-state index is -0.180. The van der Waals surface area contributed by atoms with E-state index < -0.39 is 0 Å². The summed E-state index contributed by atoms with van der Waals surface area (Å²) in [5.74, 6) is 0.606. The number of esters is 1. The molecule has 6 nitrogen and oxygen atoms in total. The third kappa shape index (κ3) is 5.02. The molecule has 4 atom stereocenters. The van der Waals surface area contributed by atoms with Crippen molar-refractivity contribution >= 4 is 5.97 Å². The zero-order chi connectivity index (χ0) is 15.0. The quantitative estimate of drug-likeness (QED) is 0.336. The molecule has 6 heteroatoms. The Morgan fingerprint density at radius 3 is 2.85 bits per heavy atom. The van der Waals surface area contributed by atoms with Gasteiger partial charge in [-0.2, -0.15) is 0 Å². The maximum Gasteiger partial charge on any atom is 0.306 e. The SMILES string of the molecule is CCOC(=O)C[C@H]1C[C@@H](C)C[C@@H](N=[N+]=[N-])[C@@H]1CCCO. The van der Waals surface area contributed by atoms with Crippen molar-refractivity contribution < 1.29 is 14.6 Å². The Kier molecular flexibility index (Phi) is 7.41. The lowest BCUT2D eigenvalue weighted by Crippen LogP contribution is -2.36. The average Bonchev–Trinajstić information content (AvgIpc) is 2.38. The fraction of sp³-hybridized carbons (Fsp3) is 0.929. The van der Waals surface area contributed by atoms with E-state index in [-0.39, 0.29) is 30.5 Å². The summed E-state index contributed by atoms with van der Waals surface area (Å²) in [6, 6.07) is -0.0743. The Labute approximate surface area is 120 Å². The summed E-state index contributed by atoms with van der Waals surface area (Å²) in [6.07, 6.45) is 3.66. The first-order valence-electron chi connectivity index (χ1n) is 7.43. The minimum absolute atomic E-state index is 0.0743. The summed E-state index contributed by atoms with van der Waals surface area (Å²) < 4.78 is 5.04. The summed E-state index contributed by atoms with van der Waals surface area (Å²) in [6.45, 7) is 4.44. The highest BCUT2D eigenvalue weighted by atomic mass is 16.5. The molecule has 0 bridgehead atoms. The Balaban J connectivity index is 2.78. The van der Waals surface area contributed by atoms with E-state index >= 15 is 0 Å². The Morgan fingerprint density at radius 1 is 1.50 bits per heavy atom. The molecular formula is C14H25N3O3. The lowest BCUT2D eigenvalue weighted by atomic mass is 9.69. The third-order valence-electron chi connectivity index (χ3n) is 4.08. The van der Waals surface area contributed by atoms with Gasteiger partial charge in [-0.25, -0.2) is 0 Å². The molecule has 1 rings (SSSR count). The van der Waals surface area contributed by atoms with E-state index in [2.05, 4.69) is 16.9 Å². The zero-order valence-electron chi connectivity index (χ0n) is 12.4. The van der Waals surface area contributed by atoms with E-state index in [1.165, 1.54) is 0 Å². The van der Waals surface area contributed by atoms with Crippen LogP contribution in [0.1, 0.15) is 46.0 Å². The number of carbonyl (C=O) groups is 1. The van der Waals surface area contributed by atoms with E-state index in [1.54, 1.807) is 6.92 Å². The molecule has 0 heterocycles. The van der Waals surface area contributed by atoms with Gasteiger partial charge < -0.3 is 9.84 Å². The van der Waals surface area contributed by atoms with Gasteiger partial charge in [0, 0.05) is 24.0 Å². The van der Waals surface area contributed by atoms with Gasteiger partial charge in [0.2, 0.25) is 0 Å². The molecule has 0 aromatic rings. The third-order valence-corrected chi connectivity index (χ3v) is 4.08. The fourth-order valence-corrected chi connectivity index (χ4v) is 3.31. The predicted octanol–water partition coefficient (Wildman–Crippen LogP) is 3.05. The van der Waals surface area contributed by atoms with Crippen molar-refractivity contribution in [3.8, 4) is 0 Å². The second kappa shape index (κ2) is 8.82. The molecule has 0 aliphatic heterocycles. The van der Waals surface area contributed by atoms with E-state index in [0.29, 0.717) is 25.4 Å². The Morgan fingerprint density at radius 2 is 2.25 bits per heavy atom. The first kappa shape index (κ1) is 16.8. The van der Waals surface area contributed by atoms with Crippen LogP contribution in [0, 0.1) is 17.8 Å². The fourth-order valence-electron chi connectivity index (χ4n) is 3.31. The smallest absolute Gasteiger partial charge is 0.306 e. The van der Waals surface area contributed by atoms with Crippen LogP contribution in [0.5, 0.6) is 0 Å². The van der Waals surface area contributed by atoms with Crippen LogP contribution in [0.2, 0.25) is 0 Å². The highest BCUT2D eigenvalue weighted by Crippen LogP contribution is 2.40. The number of nitrogens with zero attached hydrogens (tertiary/aromatic N) is 3. The molecule has 0 aromatic heterocycles. The molecule has 1 aliphatic rings. The van der Waals surface area contributed by atoms with Gasteiger partial charge in [-0.15, -0.1) is 0 Å². The van der Waals surface area contributed by atoms with Gasteiger partial charge in [-0.1, -0.05) is 12.0 Å². The predicted molar refractivity (Wildman–Crippen MR) is 75.9 cm³/mol. The van der Waals surface area contributed by atoms with Gasteiger partial charge in [-0.05, 0) is 55.9 Å². The summed E-state index contributed by atoms with van der Waals surface area (Å²) in [4.78, 5) is 14.7. The molecule has 0 aromatic carbocycles. The summed E-state index contributed by atoms with van der Waals surface area (Å²) >= 11 is 0. The monoisotopic (exact) mass is 283 g/mol. The standard InChI is InChI=1S/C14H25N3O3/c1-3-20-14(19)9-11-7-10(2)8-13(16-17-15)12(11)5-4-6-18/h10-13,18H,3-9H2,1-2H3/t10-,11-,12-,13-/m1/s1. The second-order valence-corrected chi connectivity index (χ2v) is 5.65. The lowest BCUT2D eigenvalue weighted by molar-refractivity contribution is -0.145. The van der Waals surface area contributed by atoms with Crippen molar-refractivity contribution in [3.05, 3.63) is 10.4 Å². The van der Waals surface area contributed by atoms with Crippen LogP contribution in [0.3, 0.4) is 0 Å². The molecule has 0 spiro atoms. The van der Waals surface area contributed by atoms with Crippen molar-refractivity contribution in [2.24, 2.45) is 22.9 Å². The maximum absolute atomic E-state index is 11.7. The van der Waals surface area contributed by atoms with Crippen molar-refractivity contribution in [1.29, 1.82) is 0 Å². The number of ether oxygens (including phenoxy) is 1. The van der Waals surface area contributed by atoms with Gasteiger partial charge in [0.15, 0.2) is 0 Å². The number of hydrogen-bond acceptors (Lipinski definition) is 4. The van der Waals surface area contributed by atoms with E-state index in [9.17, 15) is 4.79 Å². The highest BCUT2D eigenvalue weighted by molar-refractivity contribution is 5.69. The van der Waals surface area contributed by atoms with Crippen LogP contribution in [0.15, 0.2) is 5.11 Å². The average molecular weight is 283 g/mol. The lowest BCUT2D eigenvalue weighted by Gasteiger charge is -2.39. The number of carbonyl (C=O) groups excluding carboxylic acids is 1. The number of aliphatic hydroxyl groups is 1. The molecule has 1 N–H and O–H groups in total. The molecule has 0 radical (unpaired) electrons. The van der Waals surface area contributed by atoms with Crippen LogP contribution in [-0.4, -0.2) is 30.3 Å². The molecule has 0 saturated heterocycles. The maximum atomic E-state index is 11.7. The highest BCUT2D eigenvalue weighted by Gasteiger charge is 2.36. The molecule has 1 aliphatic carbocycles. The molecular weight excluding hydrogens is 258 g/mol. The number of azide groups is 1. The molecule has 0 amide bonds. The number of aliphatic hydroxyl groups excluding tert-OH is 1. The molecule has 0 unspecified atom stereocenters. The van der Waals surface area contributed by atoms with E-state index in [4.69, 9.17) is 15.4 Å². The minimum Gasteiger partial charge on any atom is -0.466 e. The molecule has 1 fully saturated rings. The van der Waals surface area contributed by atoms with E-state index in [1.807, 2.05) is 0 Å². The summed E-state index contributed by atoms with van der Waals surface area (Å²) in [7, 11) is 0. The van der Waals surface area contributed by atoms with Gasteiger partial charge in [-0.3, -0.25) is 4.79 Å². The van der Waals surface area contributed by atoms with Gasteiger partial charge in [0.25, 0.3) is 0 Å². The first-order valence-corrected chi connectivity index (χ1v) is 7.43. The molecule has 20 heavy (non-hydrogen) atoms. The topological polar surface area (TPSA) is 95.3 Å². The van der Waals surface area contributed by atoms with Crippen LogP contribution in [0.25, 0.3) is 10.4 Å². The Hall–Kier alpha value is -1.26. The van der Waals surface area contributed by atoms with Crippen molar-refractivity contribution in [3.63, 3.8) is 0 Å². The van der Waals surface area contributed by atoms with Crippen molar-refractivity contribution in [2.45, 2.75) is 52.0 Å². The van der Waals surface area contributed by atoms with Crippen LogP contribution in [0.4, 0.5) is 0 Å². The van der Waals surface area contributed by atoms with Gasteiger partial charge >= 0.3 is 5.97 Å². The number of rotatable bonds is 7. The first-order chi connectivity index (χ1) is 9.62. The normalized spacial score (nSPS) is 29.6. The molecule has 114 valence electrons.